The topological polar surface area (TPSA) is 125 Å². The molecule has 0 spiro atoms. The zero-order chi connectivity index (χ0) is 26.3. The molecule has 3 atom stereocenters. The quantitative estimate of drug-likeness (QED) is 0.170. The van der Waals surface area contributed by atoms with Crippen molar-refractivity contribution in [1.82, 2.24) is 0 Å². The van der Waals surface area contributed by atoms with Crippen molar-refractivity contribution < 1.29 is 24.2 Å². The van der Waals surface area contributed by atoms with Crippen molar-refractivity contribution in [2.75, 3.05) is 6.61 Å². The standard InChI is InChI=1S/C26H37N3O5Si/c1-25(2,3)34-23(31)17-22(30)24(32)21(28-29-27)18-33-35(26(4,5)6,19-13-9-7-10-14-19)20-15-11-8-12-16-20/h7-16,21-22,24,30,32H,17-18H2,1-6H3/t21-,22+,24-/m1/s1. The highest BCUT2D eigenvalue weighted by Crippen LogP contribution is 2.37. The SMILES string of the molecule is CC(C)(C)OC(=O)C[C@H](O)[C@H](O)[C@@H](CO[Si](c1ccccc1)(c1ccccc1)C(C)(C)C)N=[N+]=[N-]. The van der Waals surface area contributed by atoms with Gasteiger partial charge in [-0.3, -0.25) is 4.79 Å². The van der Waals surface area contributed by atoms with E-state index in [1.54, 1.807) is 20.8 Å². The zero-order valence-corrected chi connectivity index (χ0v) is 22.4. The van der Waals surface area contributed by atoms with Crippen LogP contribution in [0.2, 0.25) is 5.04 Å². The van der Waals surface area contributed by atoms with Gasteiger partial charge in [-0.25, -0.2) is 0 Å². The van der Waals surface area contributed by atoms with Crippen LogP contribution in [0.4, 0.5) is 0 Å². The van der Waals surface area contributed by atoms with Gasteiger partial charge < -0.3 is 19.4 Å². The van der Waals surface area contributed by atoms with Crippen molar-refractivity contribution in [3.8, 4) is 0 Å². The fraction of sp³-hybridized carbons (Fsp3) is 0.500. The maximum absolute atomic E-state index is 12.2. The van der Waals surface area contributed by atoms with E-state index in [9.17, 15) is 15.0 Å². The monoisotopic (exact) mass is 499 g/mol. The molecule has 2 aromatic rings. The van der Waals surface area contributed by atoms with Gasteiger partial charge in [-0.1, -0.05) is 86.5 Å². The van der Waals surface area contributed by atoms with Crippen LogP contribution in [0.15, 0.2) is 65.8 Å². The lowest BCUT2D eigenvalue weighted by atomic mass is 10.0. The summed E-state index contributed by atoms with van der Waals surface area (Å²) in [5.74, 6) is -0.656. The van der Waals surface area contributed by atoms with E-state index >= 15 is 0 Å². The number of nitrogens with zero attached hydrogens (tertiary/aromatic N) is 3. The molecule has 0 aliphatic rings. The summed E-state index contributed by atoms with van der Waals surface area (Å²) in [7, 11) is -2.95. The number of benzene rings is 2. The predicted molar refractivity (Wildman–Crippen MR) is 139 cm³/mol. The highest BCUT2D eigenvalue weighted by molar-refractivity contribution is 6.99. The molecule has 2 aromatic carbocycles. The van der Waals surface area contributed by atoms with Crippen molar-refractivity contribution in [1.29, 1.82) is 0 Å². The molecule has 0 amide bonds. The Hall–Kier alpha value is -2.68. The minimum Gasteiger partial charge on any atom is -0.460 e. The molecule has 0 bridgehead atoms. The maximum Gasteiger partial charge on any atom is 0.309 e. The van der Waals surface area contributed by atoms with Crippen molar-refractivity contribution >= 4 is 24.7 Å². The van der Waals surface area contributed by atoms with Gasteiger partial charge in [0.25, 0.3) is 8.32 Å². The number of ether oxygens (including phenoxy) is 1. The van der Waals surface area contributed by atoms with Gasteiger partial charge in [0, 0.05) is 11.5 Å². The molecule has 0 unspecified atom stereocenters. The Bertz CT molecular complexity index is 960. The molecule has 2 N–H and O–H groups in total. The number of hydrogen-bond donors (Lipinski definition) is 2. The van der Waals surface area contributed by atoms with E-state index in [1.165, 1.54) is 0 Å². The van der Waals surface area contributed by atoms with Gasteiger partial charge in [-0.2, -0.15) is 0 Å². The Morgan fingerprint density at radius 3 is 1.86 bits per heavy atom. The van der Waals surface area contributed by atoms with Crippen molar-refractivity contribution in [3.63, 3.8) is 0 Å². The first kappa shape index (κ1) is 28.6. The Morgan fingerprint density at radius 1 is 0.971 bits per heavy atom. The number of esters is 1. The zero-order valence-electron chi connectivity index (χ0n) is 21.4. The van der Waals surface area contributed by atoms with Crippen LogP contribution in [0.3, 0.4) is 0 Å². The van der Waals surface area contributed by atoms with Crippen LogP contribution < -0.4 is 10.4 Å². The molecule has 35 heavy (non-hydrogen) atoms. The smallest absolute Gasteiger partial charge is 0.309 e. The fourth-order valence-electron chi connectivity index (χ4n) is 4.17. The molecule has 0 aromatic heterocycles. The minimum atomic E-state index is -2.95. The van der Waals surface area contributed by atoms with Gasteiger partial charge in [-0.05, 0) is 41.7 Å². The second-order valence-corrected chi connectivity index (χ2v) is 14.9. The lowest BCUT2D eigenvalue weighted by Crippen LogP contribution is -2.67. The average Bonchev–Trinajstić information content (AvgIpc) is 2.77. The van der Waals surface area contributed by atoms with E-state index < -0.39 is 44.6 Å². The molecule has 0 saturated carbocycles. The number of carbonyl (C=O) groups excluding carboxylic acids is 1. The summed E-state index contributed by atoms with van der Waals surface area (Å²) in [4.78, 5) is 15.0. The Kier molecular flexibility index (Phi) is 9.65. The first-order valence-corrected chi connectivity index (χ1v) is 13.6. The lowest BCUT2D eigenvalue weighted by molar-refractivity contribution is -0.159. The lowest BCUT2D eigenvalue weighted by Gasteiger charge is -2.43. The summed E-state index contributed by atoms with van der Waals surface area (Å²) < 4.78 is 12.0. The number of azide groups is 1. The van der Waals surface area contributed by atoms with Crippen LogP contribution in [-0.2, 0) is 14.0 Å². The summed E-state index contributed by atoms with van der Waals surface area (Å²) in [5, 5.41) is 26.8. The van der Waals surface area contributed by atoms with Crippen LogP contribution in [0.25, 0.3) is 10.4 Å². The van der Waals surface area contributed by atoms with Crippen LogP contribution in [0, 0.1) is 0 Å². The Balaban J connectivity index is 2.39. The first-order valence-electron chi connectivity index (χ1n) is 11.7. The van der Waals surface area contributed by atoms with Crippen LogP contribution in [0.1, 0.15) is 48.0 Å². The minimum absolute atomic E-state index is 0.135. The third kappa shape index (κ3) is 7.40. The predicted octanol–water partition coefficient (Wildman–Crippen LogP) is 3.70. The molecule has 0 aliphatic heterocycles. The number of rotatable bonds is 10. The molecule has 0 saturated heterocycles. The Morgan fingerprint density at radius 2 is 1.46 bits per heavy atom. The average molecular weight is 500 g/mol. The van der Waals surface area contributed by atoms with E-state index in [0.717, 1.165) is 10.4 Å². The van der Waals surface area contributed by atoms with Gasteiger partial charge in [0.2, 0.25) is 0 Å². The highest BCUT2D eigenvalue weighted by atomic mass is 28.4. The maximum atomic E-state index is 12.2. The third-order valence-electron chi connectivity index (χ3n) is 5.67. The van der Waals surface area contributed by atoms with Gasteiger partial charge in [0.1, 0.15) is 5.60 Å². The molecule has 9 heteroatoms. The third-order valence-corrected chi connectivity index (χ3v) is 10.7. The van der Waals surface area contributed by atoms with Crippen LogP contribution in [0.5, 0.6) is 0 Å². The second-order valence-electron chi connectivity index (χ2n) is 10.6. The molecular weight excluding hydrogens is 462 g/mol. The molecule has 0 aliphatic carbocycles. The van der Waals surface area contributed by atoms with Crippen molar-refractivity contribution in [2.24, 2.45) is 5.11 Å². The van der Waals surface area contributed by atoms with E-state index in [-0.39, 0.29) is 11.6 Å². The van der Waals surface area contributed by atoms with Crippen LogP contribution in [-0.4, -0.2) is 55.0 Å². The molecule has 8 nitrogen and oxygen atoms in total. The molecule has 0 radical (unpaired) electrons. The largest absolute Gasteiger partial charge is 0.460 e. The normalized spacial score (nSPS) is 15.0. The fourth-order valence-corrected chi connectivity index (χ4v) is 8.75. The van der Waals surface area contributed by atoms with Gasteiger partial charge in [0.05, 0.1) is 24.7 Å². The van der Waals surface area contributed by atoms with Crippen molar-refractivity contribution in [2.45, 2.75) is 76.9 Å². The second kappa shape index (κ2) is 11.8. The van der Waals surface area contributed by atoms with E-state index in [1.807, 2.05) is 60.7 Å². The molecule has 0 fully saturated rings. The van der Waals surface area contributed by atoms with Crippen molar-refractivity contribution in [3.05, 3.63) is 71.1 Å². The summed E-state index contributed by atoms with van der Waals surface area (Å²) in [6.07, 6.45) is -3.44. The number of aliphatic hydroxyl groups excluding tert-OH is 2. The highest BCUT2D eigenvalue weighted by Gasteiger charge is 2.50. The van der Waals surface area contributed by atoms with E-state index in [4.69, 9.17) is 14.7 Å². The van der Waals surface area contributed by atoms with Gasteiger partial charge in [-0.15, -0.1) is 0 Å². The molecule has 0 heterocycles. The number of aliphatic hydroxyl groups is 2. The van der Waals surface area contributed by atoms with Gasteiger partial charge in [0.15, 0.2) is 0 Å². The Labute approximate surface area is 208 Å². The molecule has 2 rings (SSSR count). The van der Waals surface area contributed by atoms with E-state index in [0.29, 0.717) is 0 Å². The summed E-state index contributed by atoms with van der Waals surface area (Å²) >= 11 is 0. The summed E-state index contributed by atoms with van der Waals surface area (Å²) in [6.45, 7) is 11.3. The van der Waals surface area contributed by atoms with E-state index in [2.05, 4.69) is 30.8 Å². The number of hydrogen-bond acceptors (Lipinski definition) is 6. The number of carbonyl (C=O) groups is 1. The summed E-state index contributed by atoms with van der Waals surface area (Å²) in [5.41, 5.74) is 8.43. The van der Waals surface area contributed by atoms with Crippen LogP contribution >= 0.6 is 0 Å². The molecular formula is C26H37N3O5Si. The molecule has 190 valence electrons. The summed E-state index contributed by atoms with van der Waals surface area (Å²) in [6, 6.07) is 18.7. The van der Waals surface area contributed by atoms with Gasteiger partial charge >= 0.3 is 5.97 Å². The first-order chi connectivity index (χ1) is 16.3.